The van der Waals surface area contributed by atoms with E-state index in [1.54, 1.807) is 11.8 Å². The van der Waals surface area contributed by atoms with E-state index in [1.165, 1.54) is 11.8 Å². The van der Waals surface area contributed by atoms with E-state index >= 15 is 0 Å². The lowest BCUT2D eigenvalue weighted by atomic mass is 10.2. The second-order valence-electron chi connectivity index (χ2n) is 7.38. The van der Waals surface area contributed by atoms with Gasteiger partial charge in [-0.3, -0.25) is 9.69 Å². The van der Waals surface area contributed by atoms with Crippen molar-refractivity contribution in [2.75, 3.05) is 45.0 Å². The number of nitrogens with zero attached hydrogens (tertiary/aromatic N) is 4. The van der Waals surface area contributed by atoms with Crippen molar-refractivity contribution in [1.29, 1.82) is 0 Å². The van der Waals surface area contributed by atoms with Crippen molar-refractivity contribution in [2.45, 2.75) is 39.0 Å². The average Bonchev–Trinajstić information content (AvgIpc) is 2.99. The average molecular weight is 400 g/mol. The van der Waals surface area contributed by atoms with E-state index in [4.69, 9.17) is 9.26 Å². The quantitative estimate of drug-likeness (QED) is 0.732. The molecule has 1 fully saturated rings. The minimum atomic E-state index is -0.473. The molecule has 0 saturated carbocycles. The van der Waals surface area contributed by atoms with Gasteiger partial charge >= 0.3 is 6.09 Å². The summed E-state index contributed by atoms with van der Waals surface area (Å²) < 4.78 is 10.3. The van der Waals surface area contributed by atoms with Gasteiger partial charge in [0.1, 0.15) is 5.60 Å². The van der Waals surface area contributed by atoms with Crippen LogP contribution < -0.4 is 5.32 Å². The molecule has 1 aromatic heterocycles. The number of aromatic nitrogens is 2. The molecule has 0 radical (unpaired) electrons. The first-order valence-electron chi connectivity index (χ1n) is 9.07. The second kappa shape index (κ2) is 9.93. The minimum absolute atomic E-state index is 0.00684. The van der Waals surface area contributed by atoms with Gasteiger partial charge in [-0.15, -0.1) is 11.8 Å². The molecule has 0 spiro atoms. The van der Waals surface area contributed by atoms with Gasteiger partial charge < -0.3 is 19.5 Å². The molecule has 2 amide bonds. The summed E-state index contributed by atoms with van der Waals surface area (Å²) in [4.78, 5) is 32.0. The Balaban J connectivity index is 1.54. The van der Waals surface area contributed by atoms with E-state index in [9.17, 15) is 9.59 Å². The number of carbonyl (C=O) groups excluding carboxylic acids is 2. The molecule has 1 aliphatic rings. The largest absolute Gasteiger partial charge is 0.444 e. The van der Waals surface area contributed by atoms with Crippen molar-refractivity contribution in [3.63, 3.8) is 0 Å². The zero-order chi connectivity index (χ0) is 19.9. The molecule has 0 atom stereocenters. The maximum atomic E-state index is 12.0. The van der Waals surface area contributed by atoms with E-state index < -0.39 is 5.60 Å². The number of carbonyl (C=O) groups is 2. The van der Waals surface area contributed by atoms with Crippen LogP contribution >= 0.6 is 11.8 Å². The van der Waals surface area contributed by atoms with Crippen LogP contribution in [-0.4, -0.2) is 82.6 Å². The van der Waals surface area contributed by atoms with Crippen molar-refractivity contribution in [2.24, 2.45) is 0 Å². The number of aryl methyl sites for hydroxylation is 1. The van der Waals surface area contributed by atoms with Crippen LogP contribution in [0.1, 0.15) is 32.5 Å². The molecule has 1 saturated heterocycles. The van der Waals surface area contributed by atoms with Gasteiger partial charge in [-0.25, -0.2) is 4.79 Å². The van der Waals surface area contributed by atoms with Gasteiger partial charge in [0.2, 0.25) is 11.8 Å². The van der Waals surface area contributed by atoms with Crippen molar-refractivity contribution in [3.8, 4) is 0 Å². The van der Waals surface area contributed by atoms with E-state index in [2.05, 4.69) is 20.4 Å². The van der Waals surface area contributed by atoms with Gasteiger partial charge in [0.25, 0.3) is 0 Å². The van der Waals surface area contributed by atoms with Crippen LogP contribution in [-0.2, 0) is 15.3 Å². The van der Waals surface area contributed by atoms with E-state index in [1.807, 2.05) is 20.8 Å². The van der Waals surface area contributed by atoms with Gasteiger partial charge in [-0.2, -0.15) is 4.98 Å². The fourth-order valence-electron chi connectivity index (χ4n) is 2.52. The smallest absolute Gasteiger partial charge is 0.410 e. The molecule has 10 heteroatoms. The maximum Gasteiger partial charge on any atom is 0.410 e. The fourth-order valence-corrected chi connectivity index (χ4v) is 3.21. The summed E-state index contributed by atoms with van der Waals surface area (Å²) in [6, 6.07) is 0. The summed E-state index contributed by atoms with van der Waals surface area (Å²) in [5.41, 5.74) is -0.473. The third-order valence-electron chi connectivity index (χ3n) is 3.81. The number of rotatable bonds is 7. The predicted octanol–water partition coefficient (Wildman–Crippen LogP) is 1.28. The summed E-state index contributed by atoms with van der Waals surface area (Å²) >= 11 is 1.45. The molecule has 1 aromatic rings. The number of hydrogen-bond donors (Lipinski definition) is 1. The number of nitrogens with one attached hydrogen (secondary N) is 1. The van der Waals surface area contributed by atoms with Crippen molar-refractivity contribution in [3.05, 3.63) is 11.7 Å². The highest BCUT2D eigenvalue weighted by Crippen LogP contribution is 2.12. The Kier molecular flexibility index (Phi) is 7.91. The number of thioether (sulfide) groups is 1. The fraction of sp³-hybridized carbons (Fsp3) is 0.765. The Morgan fingerprint density at radius 1 is 1.26 bits per heavy atom. The molecule has 152 valence electrons. The highest BCUT2D eigenvalue weighted by molar-refractivity contribution is 7.99. The standard InChI is InChI=1S/C17H29N5O4S/c1-13-19-14(20-26-13)11-27-12-15(23)18-5-6-21-7-9-22(10-8-21)16(24)25-17(2,3)4/h5-12H2,1-4H3,(H,18,23). The van der Waals surface area contributed by atoms with E-state index in [0.717, 1.165) is 19.6 Å². The maximum absolute atomic E-state index is 12.0. The summed E-state index contributed by atoms with van der Waals surface area (Å²) in [5.74, 6) is 2.04. The van der Waals surface area contributed by atoms with Crippen molar-refractivity contribution in [1.82, 2.24) is 25.3 Å². The molecular formula is C17H29N5O4S. The molecule has 0 bridgehead atoms. The monoisotopic (exact) mass is 399 g/mol. The zero-order valence-corrected chi connectivity index (χ0v) is 17.3. The van der Waals surface area contributed by atoms with Crippen LogP contribution in [0.15, 0.2) is 4.52 Å². The first kappa shape index (κ1) is 21.5. The molecule has 2 rings (SSSR count). The first-order chi connectivity index (χ1) is 12.7. The second-order valence-corrected chi connectivity index (χ2v) is 8.37. The molecule has 1 N–H and O–H groups in total. The summed E-state index contributed by atoms with van der Waals surface area (Å²) in [6.07, 6.45) is -0.260. The summed E-state index contributed by atoms with van der Waals surface area (Å²) in [5, 5.41) is 6.71. The Hall–Kier alpha value is -1.81. The number of amides is 2. The lowest BCUT2D eigenvalue weighted by molar-refractivity contribution is -0.118. The molecule has 1 aliphatic heterocycles. The van der Waals surface area contributed by atoms with E-state index in [0.29, 0.717) is 42.9 Å². The summed E-state index contributed by atoms with van der Waals surface area (Å²) in [6.45, 7) is 11.5. The lowest BCUT2D eigenvalue weighted by Crippen LogP contribution is -2.51. The van der Waals surface area contributed by atoms with Gasteiger partial charge in [0, 0.05) is 46.2 Å². The molecule has 9 nitrogen and oxygen atoms in total. The van der Waals surface area contributed by atoms with Crippen LogP contribution in [0, 0.1) is 6.92 Å². The van der Waals surface area contributed by atoms with Crippen LogP contribution in [0.2, 0.25) is 0 Å². The SMILES string of the molecule is Cc1nc(CSCC(=O)NCCN2CCN(C(=O)OC(C)(C)C)CC2)no1. The minimum Gasteiger partial charge on any atom is -0.444 e. The van der Waals surface area contributed by atoms with Gasteiger partial charge in [0.15, 0.2) is 5.82 Å². The Labute approximate surface area is 164 Å². The van der Waals surface area contributed by atoms with Crippen LogP contribution in [0.4, 0.5) is 4.79 Å². The predicted molar refractivity (Wildman–Crippen MR) is 102 cm³/mol. The Morgan fingerprint density at radius 3 is 2.56 bits per heavy atom. The van der Waals surface area contributed by atoms with Crippen molar-refractivity contribution >= 4 is 23.8 Å². The number of hydrogen-bond acceptors (Lipinski definition) is 8. The molecule has 0 unspecified atom stereocenters. The van der Waals surface area contributed by atoms with Gasteiger partial charge in [-0.1, -0.05) is 5.16 Å². The molecule has 2 heterocycles. The third kappa shape index (κ3) is 8.17. The summed E-state index contributed by atoms with van der Waals surface area (Å²) in [7, 11) is 0. The Bertz CT molecular complexity index is 623. The molecule has 0 aliphatic carbocycles. The highest BCUT2D eigenvalue weighted by atomic mass is 32.2. The van der Waals surface area contributed by atoms with E-state index in [-0.39, 0.29) is 12.0 Å². The van der Waals surface area contributed by atoms with Crippen molar-refractivity contribution < 1.29 is 18.8 Å². The van der Waals surface area contributed by atoms with Crippen LogP contribution in [0.5, 0.6) is 0 Å². The normalized spacial score (nSPS) is 15.6. The zero-order valence-electron chi connectivity index (χ0n) is 16.5. The lowest BCUT2D eigenvalue weighted by Gasteiger charge is -2.35. The molecular weight excluding hydrogens is 370 g/mol. The van der Waals surface area contributed by atoms with Gasteiger partial charge in [0.05, 0.1) is 11.5 Å². The van der Waals surface area contributed by atoms with Crippen LogP contribution in [0.25, 0.3) is 0 Å². The highest BCUT2D eigenvalue weighted by Gasteiger charge is 2.25. The Morgan fingerprint density at radius 2 is 1.96 bits per heavy atom. The molecule has 27 heavy (non-hydrogen) atoms. The third-order valence-corrected chi connectivity index (χ3v) is 4.74. The topological polar surface area (TPSA) is 101 Å². The van der Waals surface area contributed by atoms with Crippen LogP contribution in [0.3, 0.4) is 0 Å². The number of piperazine rings is 1. The number of ether oxygens (including phenoxy) is 1. The molecule has 0 aromatic carbocycles. The van der Waals surface area contributed by atoms with Gasteiger partial charge in [-0.05, 0) is 20.8 Å². The first-order valence-corrected chi connectivity index (χ1v) is 10.2.